The predicted molar refractivity (Wildman–Crippen MR) is 129 cm³/mol. The fourth-order valence-electron chi connectivity index (χ4n) is 4.65. The summed E-state index contributed by atoms with van der Waals surface area (Å²) in [5.41, 5.74) is 1.42. The van der Waals surface area contributed by atoms with Crippen molar-refractivity contribution in [2.24, 2.45) is 7.05 Å². The third-order valence-corrected chi connectivity index (χ3v) is 6.43. The minimum Gasteiger partial charge on any atom is -0.485 e. The van der Waals surface area contributed by atoms with Crippen LogP contribution in [-0.2, 0) is 18.0 Å². The maximum absolute atomic E-state index is 13.8. The molecule has 2 aliphatic rings. The summed E-state index contributed by atoms with van der Waals surface area (Å²) >= 11 is 0. The molecular formula is C24H24F3N7O3. The Balaban J connectivity index is 1.41. The van der Waals surface area contributed by atoms with Gasteiger partial charge in [0.1, 0.15) is 24.7 Å². The molecule has 0 unspecified atom stereocenters. The Morgan fingerprint density at radius 2 is 1.81 bits per heavy atom. The minimum absolute atomic E-state index is 0.0666. The lowest BCUT2D eigenvalue weighted by Gasteiger charge is -2.25. The SMILES string of the molecule is Cn1nccc1-c1ccc(Nc2nc(NC3CCOCC3)c3c(C(F)(F)F)c[nH]c3n2)c2c1OCCO2. The zero-order chi connectivity index (χ0) is 25.6. The Hall–Kier alpha value is -4.00. The average Bonchev–Trinajstić information content (AvgIpc) is 3.51. The smallest absolute Gasteiger partial charge is 0.418 e. The molecule has 1 aromatic carbocycles. The maximum atomic E-state index is 13.8. The Kier molecular flexibility index (Phi) is 5.78. The number of H-pyrrole nitrogens is 1. The van der Waals surface area contributed by atoms with Crippen molar-refractivity contribution in [3.63, 3.8) is 0 Å². The van der Waals surface area contributed by atoms with Crippen molar-refractivity contribution in [1.29, 1.82) is 0 Å². The van der Waals surface area contributed by atoms with Crippen LogP contribution in [0, 0.1) is 0 Å². The largest absolute Gasteiger partial charge is 0.485 e. The second-order valence-electron chi connectivity index (χ2n) is 8.83. The highest BCUT2D eigenvalue weighted by Gasteiger charge is 2.36. The van der Waals surface area contributed by atoms with Crippen LogP contribution in [0.1, 0.15) is 18.4 Å². The third kappa shape index (κ3) is 4.39. The van der Waals surface area contributed by atoms with E-state index in [2.05, 4.69) is 30.7 Å². The standard InChI is InChI=1S/C24H24F3N7O3/c1-34-17(4-7-29-34)14-2-3-16(20-19(14)36-10-11-37-20)31-23-32-21-18(15(12-28-21)24(25,26)27)22(33-23)30-13-5-8-35-9-6-13/h2-4,7,12-13H,5-6,8-11H2,1H3,(H3,28,30,31,32,33). The second-order valence-corrected chi connectivity index (χ2v) is 8.83. The molecule has 0 radical (unpaired) electrons. The summed E-state index contributed by atoms with van der Waals surface area (Å²) in [7, 11) is 1.83. The fraction of sp³-hybridized carbons (Fsp3) is 0.375. The topological polar surface area (TPSA) is 111 Å². The van der Waals surface area contributed by atoms with E-state index in [0.29, 0.717) is 56.5 Å². The first-order valence-electron chi connectivity index (χ1n) is 11.9. The molecule has 1 saturated heterocycles. The molecule has 194 valence electrons. The van der Waals surface area contributed by atoms with Crippen LogP contribution in [0.5, 0.6) is 11.5 Å². The van der Waals surface area contributed by atoms with Crippen LogP contribution in [0.15, 0.2) is 30.6 Å². The lowest BCUT2D eigenvalue weighted by molar-refractivity contribution is -0.136. The van der Waals surface area contributed by atoms with Gasteiger partial charge >= 0.3 is 6.18 Å². The van der Waals surface area contributed by atoms with Gasteiger partial charge in [0.15, 0.2) is 11.5 Å². The van der Waals surface area contributed by atoms with E-state index in [4.69, 9.17) is 14.2 Å². The molecule has 1 fully saturated rings. The van der Waals surface area contributed by atoms with E-state index in [0.717, 1.165) is 17.5 Å². The van der Waals surface area contributed by atoms with E-state index < -0.39 is 11.7 Å². The van der Waals surface area contributed by atoms with E-state index >= 15 is 0 Å². The van der Waals surface area contributed by atoms with Gasteiger partial charge in [0.25, 0.3) is 0 Å². The number of hydrogen-bond acceptors (Lipinski definition) is 8. The first kappa shape index (κ1) is 23.4. The lowest BCUT2D eigenvalue weighted by atomic mass is 10.1. The van der Waals surface area contributed by atoms with Gasteiger partial charge in [-0.2, -0.15) is 28.2 Å². The van der Waals surface area contributed by atoms with Gasteiger partial charge in [-0.3, -0.25) is 4.68 Å². The minimum atomic E-state index is -4.56. The van der Waals surface area contributed by atoms with Crippen molar-refractivity contribution in [1.82, 2.24) is 24.7 Å². The monoisotopic (exact) mass is 515 g/mol. The van der Waals surface area contributed by atoms with E-state index in [1.807, 2.05) is 19.2 Å². The molecule has 37 heavy (non-hydrogen) atoms. The third-order valence-electron chi connectivity index (χ3n) is 6.43. The molecule has 3 aromatic heterocycles. The van der Waals surface area contributed by atoms with Crippen LogP contribution in [-0.4, -0.2) is 57.2 Å². The van der Waals surface area contributed by atoms with Crippen LogP contribution in [0.2, 0.25) is 0 Å². The fourth-order valence-corrected chi connectivity index (χ4v) is 4.65. The van der Waals surface area contributed by atoms with Gasteiger partial charge in [0.05, 0.1) is 22.3 Å². The van der Waals surface area contributed by atoms with Gasteiger partial charge in [-0.15, -0.1) is 0 Å². The Morgan fingerprint density at radius 1 is 1.03 bits per heavy atom. The van der Waals surface area contributed by atoms with Crippen molar-refractivity contribution in [3.05, 3.63) is 36.2 Å². The molecular weight excluding hydrogens is 491 g/mol. The molecule has 0 bridgehead atoms. The van der Waals surface area contributed by atoms with Crippen LogP contribution in [0.25, 0.3) is 22.3 Å². The number of hydrogen-bond donors (Lipinski definition) is 3. The summed E-state index contributed by atoms with van der Waals surface area (Å²) in [5, 5.41) is 10.4. The molecule has 0 spiro atoms. The number of alkyl halides is 3. The summed E-state index contributed by atoms with van der Waals surface area (Å²) in [6, 6.07) is 5.46. The van der Waals surface area contributed by atoms with Crippen molar-refractivity contribution in [2.75, 3.05) is 37.1 Å². The summed E-state index contributed by atoms with van der Waals surface area (Å²) in [4.78, 5) is 11.5. The first-order valence-corrected chi connectivity index (χ1v) is 11.9. The highest BCUT2D eigenvalue weighted by atomic mass is 19.4. The summed E-state index contributed by atoms with van der Waals surface area (Å²) in [6.45, 7) is 1.79. The summed E-state index contributed by atoms with van der Waals surface area (Å²) in [5.74, 6) is 1.23. The number of aryl methyl sites for hydroxylation is 1. The molecule has 0 saturated carbocycles. The van der Waals surface area contributed by atoms with Gasteiger partial charge in [0.2, 0.25) is 5.95 Å². The Labute approximate surface area is 209 Å². The molecule has 0 amide bonds. The van der Waals surface area contributed by atoms with Crippen LogP contribution in [0.4, 0.5) is 30.6 Å². The van der Waals surface area contributed by atoms with Crippen LogP contribution in [0.3, 0.4) is 0 Å². The number of nitrogens with zero attached hydrogens (tertiary/aromatic N) is 4. The molecule has 13 heteroatoms. The molecule has 6 rings (SSSR count). The number of nitrogens with one attached hydrogen (secondary N) is 3. The van der Waals surface area contributed by atoms with Gasteiger partial charge in [0, 0.05) is 44.3 Å². The number of aromatic amines is 1. The molecule has 10 nitrogen and oxygen atoms in total. The lowest BCUT2D eigenvalue weighted by Crippen LogP contribution is -2.28. The molecule has 0 atom stereocenters. The van der Waals surface area contributed by atoms with Gasteiger partial charge in [-0.25, -0.2) is 0 Å². The number of halogens is 3. The average molecular weight is 515 g/mol. The zero-order valence-electron chi connectivity index (χ0n) is 19.9. The summed E-state index contributed by atoms with van der Waals surface area (Å²) in [6.07, 6.45) is -0.629. The molecule has 2 aliphatic heterocycles. The van der Waals surface area contributed by atoms with Crippen molar-refractivity contribution in [2.45, 2.75) is 25.1 Å². The van der Waals surface area contributed by atoms with Crippen molar-refractivity contribution < 1.29 is 27.4 Å². The molecule has 0 aliphatic carbocycles. The van der Waals surface area contributed by atoms with Gasteiger partial charge in [-0.1, -0.05) is 0 Å². The molecule has 5 heterocycles. The highest BCUT2D eigenvalue weighted by molar-refractivity contribution is 5.92. The molecule has 3 N–H and O–H groups in total. The van der Waals surface area contributed by atoms with Gasteiger partial charge in [-0.05, 0) is 31.0 Å². The number of anilines is 3. The van der Waals surface area contributed by atoms with E-state index in [9.17, 15) is 13.2 Å². The number of fused-ring (bicyclic) bond motifs is 2. The van der Waals surface area contributed by atoms with Crippen LogP contribution < -0.4 is 20.1 Å². The Bertz CT molecular complexity index is 1440. The first-order chi connectivity index (χ1) is 17.9. The number of aromatic nitrogens is 5. The summed E-state index contributed by atoms with van der Waals surface area (Å²) < 4.78 is 60.3. The maximum Gasteiger partial charge on any atom is 0.418 e. The second kappa shape index (κ2) is 9.14. The van der Waals surface area contributed by atoms with Crippen molar-refractivity contribution >= 4 is 28.5 Å². The van der Waals surface area contributed by atoms with Crippen LogP contribution >= 0.6 is 0 Å². The van der Waals surface area contributed by atoms with Crippen molar-refractivity contribution in [3.8, 4) is 22.8 Å². The number of rotatable bonds is 5. The Morgan fingerprint density at radius 3 is 2.54 bits per heavy atom. The highest BCUT2D eigenvalue weighted by Crippen LogP contribution is 2.46. The number of benzene rings is 1. The predicted octanol–water partition coefficient (Wildman–Crippen LogP) is 4.48. The zero-order valence-corrected chi connectivity index (χ0v) is 19.9. The molecule has 4 aromatic rings. The van der Waals surface area contributed by atoms with E-state index in [-0.39, 0.29) is 28.8 Å². The van der Waals surface area contributed by atoms with Gasteiger partial charge < -0.3 is 29.8 Å². The number of ether oxygens (including phenoxy) is 3. The van der Waals surface area contributed by atoms with E-state index in [1.165, 1.54) is 0 Å². The normalized spacial score (nSPS) is 16.2. The van der Waals surface area contributed by atoms with E-state index in [1.54, 1.807) is 16.9 Å². The quantitative estimate of drug-likeness (QED) is 0.357.